The largest absolute Gasteiger partial charge is 0.502 e. The van der Waals surface area contributed by atoms with Crippen LogP contribution in [0, 0.1) is 20.2 Å². The SMILES string of the molecule is O=C(NN=Cc1cc([N+](=O)[O-])cc([N+](=O)[O-])c1O)c1ccccc1Br. The number of carbonyl (C=O) groups is 1. The molecule has 1 amide bonds. The first-order valence-electron chi connectivity index (χ1n) is 6.55. The van der Waals surface area contributed by atoms with Crippen molar-refractivity contribution in [2.45, 2.75) is 0 Å². The Hall–Kier alpha value is -3.34. The van der Waals surface area contributed by atoms with Crippen molar-refractivity contribution < 1.29 is 19.7 Å². The van der Waals surface area contributed by atoms with Crippen LogP contribution in [0.4, 0.5) is 11.4 Å². The second-order valence-corrected chi connectivity index (χ2v) is 5.45. The van der Waals surface area contributed by atoms with Crippen molar-refractivity contribution in [3.8, 4) is 5.75 Å². The first-order chi connectivity index (χ1) is 11.8. The van der Waals surface area contributed by atoms with Gasteiger partial charge in [0.15, 0.2) is 0 Å². The van der Waals surface area contributed by atoms with E-state index in [0.29, 0.717) is 10.5 Å². The van der Waals surface area contributed by atoms with E-state index >= 15 is 0 Å². The fraction of sp³-hybridized carbons (Fsp3) is 0. The molecule has 0 fully saturated rings. The number of hydrogen-bond acceptors (Lipinski definition) is 7. The van der Waals surface area contributed by atoms with Gasteiger partial charge in [0.1, 0.15) is 0 Å². The summed E-state index contributed by atoms with van der Waals surface area (Å²) in [6.07, 6.45) is 0.879. The van der Waals surface area contributed by atoms with Crippen molar-refractivity contribution in [3.05, 3.63) is 72.2 Å². The van der Waals surface area contributed by atoms with Gasteiger partial charge in [-0.25, -0.2) is 5.43 Å². The standard InChI is InChI=1S/C14H9BrN4O6/c15-11-4-2-1-3-10(11)14(21)17-16-7-8-5-9(18(22)23)6-12(13(8)20)19(24)25/h1-7,20H,(H,17,21). The summed E-state index contributed by atoms with van der Waals surface area (Å²) in [5.74, 6) is -1.38. The number of nitro benzene ring substituents is 2. The van der Waals surface area contributed by atoms with Gasteiger partial charge < -0.3 is 5.11 Å². The number of phenols is 1. The molecule has 10 nitrogen and oxygen atoms in total. The maximum absolute atomic E-state index is 12.0. The number of phenolic OH excluding ortho intramolecular Hbond substituents is 1. The summed E-state index contributed by atoms with van der Waals surface area (Å²) in [5.41, 5.74) is 0.730. The van der Waals surface area contributed by atoms with Gasteiger partial charge in [-0.15, -0.1) is 0 Å². The first-order valence-corrected chi connectivity index (χ1v) is 7.34. The van der Waals surface area contributed by atoms with Crippen molar-refractivity contribution in [1.82, 2.24) is 5.43 Å². The Morgan fingerprint density at radius 2 is 1.88 bits per heavy atom. The molecule has 0 saturated carbocycles. The molecule has 0 unspecified atom stereocenters. The predicted octanol–water partition coefficient (Wildman–Crippen LogP) is 2.74. The molecule has 0 atom stereocenters. The third kappa shape index (κ3) is 4.14. The Kier molecular flexibility index (Phi) is 5.39. The Labute approximate surface area is 148 Å². The number of aromatic hydroxyl groups is 1. The molecule has 0 aliphatic heterocycles. The fourth-order valence-corrected chi connectivity index (χ4v) is 2.30. The molecule has 2 aromatic carbocycles. The monoisotopic (exact) mass is 408 g/mol. The average Bonchev–Trinajstić information content (AvgIpc) is 2.56. The third-order valence-corrected chi connectivity index (χ3v) is 3.69. The number of carbonyl (C=O) groups excluding carboxylic acids is 1. The van der Waals surface area contributed by atoms with Crippen LogP contribution in [-0.2, 0) is 0 Å². The number of benzene rings is 2. The molecule has 2 N–H and O–H groups in total. The van der Waals surface area contributed by atoms with E-state index in [1.54, 1.807) is 18.2 Å². The lowest BCUT2D eigenvalue weighted by Crippen LogP contribution is -2.18. The second-order valence-electron chi connectivity index (χ2n) is 4.60. The summed E-state index contributed by atoms with van der Waals surface area (Å²) in [6.45, 7) is 0. The number of non-ortho nitro benzene ring substituents is 1. The smallest absolute Gasteiger partial charge is 0.318 e. The van der Waals surface area contributed by atoms with E-state index in [1.165, 1.54) is 6.07 Å². The number of halogens is 1. The number of nitrogens with zero attached hydrogens (tertiary/aromatic N) is 3. The Balaban J connectivity index is 2.29. The van der Waals surface area contributed by atoms with E-state index in [0.717, 1.165) is 12.3 Å². The van der Waals surface area contributed by atoms with Crippen LogP contribution in [0.2, 0.25) is 0 Å². The summed E-state index contributed by atoms with van der Waals surface area (Å²) in [7, 11) is 0. The zero-order valence-corrected chi connectivity index (χ0v) is 13.8. The Morgan fingerprint density at radius 1 is 1.20 bits per heavy atom. The normalized spacial score (nSPS) is 10.6. The number of rotatable bonds is 5. The number of hydrogen-bond donors (Lipinski definition) is 2. The maximum atomic E-state index is 12.0. The van der Waals surface area contributed by atoms with E-state index in [4.69, 9.17) is 0 Å². The molecular formula is C14H9BrN4O6. The topological polar surface area (TPSA) is 148 Å². The van der Waals surface area contributed by atoms with Crippen LogP contribution in [0.5, 0.6) is 5.75 Å². The van der Waals surface area contributed by atoms with Gasteiger partial charge in [-0.3, -0.25) is 25.0 Å². The van der Waals surface area contributed by atoms with Gasteiger partial charge in [0.05, 0.1) is 33.3 Å². The molecule has 11 heteroatoms. The molecule has 0 bridgehead atoms. The Morgan fingerprint density at radius 3 is 2.48 bits per heavy atom. The highest BCUT2D eigenvalue weighted by molar-refractivity contribution is 9.10. The molecular weight excluding hydrogens is 400 g/mol. The summed E-state index contributed by atoms with van der Waals surface area (Å²) >= 11 is 3.19. The summed E-state index contributed by atoms with van der Waals surface area (Å²) in [4.78, 5) is 31.8. The van der Waals surface area contributed by atoms with Crippen molar-refractivity contribution >= 4 is 39.4 Å². The van der Waals surface area contributed by atoms with Crippen LogP contribution in [0.1, 0.15) is 15.9 Å². The van der Waals surface area contributed by atoms with Gasteiger partial charge in [-0.1, -0.05) is 12.1 Å². The molecule has 25 heavy (non-hydrogen) atoms. The minimum Gasteiger partial charge on any atom is -0.502 e. The lowest BCUT2D eigenvalue weighted by molar-refractivity contribution is -0.394. The lowest BCUT2D eigenvalue weighted by Gasteiger charge is -2.03. The van der Waals surface area contributed by atoms with Gasteiger partial charge >= 0.3 is 5.69 Å². The highest BCUT2D eigenvalue weighted by Gasteiger charge is 2.23. The minimum atomic E-state index is -0.959. The highest BCUT2D eigenvalue weighted by Crippen LogP contribution is 2.33. The van der Waals surface area contributed by atoms with Gasteiger partial charge in [0, 0.05) is 10.5 Å². The number of nitro groups is 2. The van der Waals surface area contributed by atoms with Crippen molar-refractivity contribution in [2.24, 2.45) is 5.10 Å². The van der Waals surface area contributed by atoms with Crippen LogP contribution in [0.15, 0.2) is 46.0 Å². The van der Waals surface area contributed by atoms with E-state index in [2.05, 4.69) is 26.5 Å². The lowest BCUT2D eigenvalue weighted by atomic mass is 10.1. The van der Waals surface area contributed by atoms with Gasteiger partial charge in [0.25, 0.3) is 11.6 Å². The molecule has 0 radical (unpaired) electrons. The third-order valence-electron chi connectivity index (χ3n) is 3.00. The number of hydrazone groups is 1. The fourth-order valence-electron chi connectivity index (χ4n) is 1.83. The van der Waals surface area contributed by atoms with Gasteiger partial charge in [-0.2, -0.15) is 5.10 Å². The van der Waals surface area contributed by atoms with Crippen molar-refractivity contribution in [3.63, 3.8) is 0 Å². The van der Waals surface area contributed by atoms with Crippen molar-refractivity contribution in [1.29, 1.82) is 0 Å². The highest BCUT2D eigenvalue weighted by atomic mass is 79.9. The molecule has 0 aliphatic carbocycles. The van der Waals surface area contributed by atoms with E-state index < -0.39 is 32.9 Å². The van der Waals surface area contributed by atoms with Gasteiger partial charge in [-0.05, 0) is 28.1 Å². The minimum absolute atomic E-state index is 0.284. The van der Waals surface area contributed by atoms with Crippen LogP contribution in [0.25, 0.3) is 0 Å². The molecule has 0 saturated heterocycles. The Bertz CT molecular complexity index is 899. The average molecular weight is 409 g/mol. The molecule has 0 aromatic heterocycles. The zero-order chi connectivity index (χ0) is 18.6. The molecule has 0 aliphatic rings. The number of nitrogens with one attached hydrogen (secondary N) is 1. The summed E-state index contributed by atoms with van der Waals surface area (Å²) in [6, 6.07) is 8.06. The second kappa shape index (κ2) is 7.49. The summed E-state index contributed by atoms with van der Waals surface area (Å²) < 4.78 is 0.525. The van der Waals surface area contributed by atoms with E-state index in [-0.39, 0.29) is 11.1 Å². The van der Waals surface area contributed by atoms with Gasteiger partial charge in [0.2, 0.25) is 5.75 Å². The van der Waals surface area contributed by atoms with Crippen LogP contribution >= 0.6 is 15.9 Å². The molecule has 0 heterocycles. The molecule has 2 aromatic rings. The van der Waals surface area contributed by atoms with Crippen LogP contribution in [-0.4, -0.2) is 27.1 Å². The molecule has 128 valence electrons. The van der Waals surface area contributed by atoms with Crippen LogP contribution < -0.4 is 5.43 Å². The maximum Gasteiger partial charge on any atom is 0.318 e. The summed E-state index contributed by atoms with van der Waals surface area (Å²) in [5, 5.41) is 35.1. The quantitative estimate of drug-likeness (QED) is 0.441. The van der Waals surface area contributed by atoms with Crippen molar-refractivity contribution in [2.75, 3.05) is 0 Å². The van der Waals surface area contributed by atoms with E-state index in [9.17, 15) is 30.1 Å². The van der Waals surface area contributed by atoms with Crippen LogP contribution in [0.3, 0.4) is 0 Å². The zero-order valence-electron chi connectivity index (χ0n) is 12.2. The van der Waals surface area contributed by atoms with E-state index in [1.807, 2.05) is 0 Å². The predicted molar refractivity (Wildman–Crippen MR) is 90.6 cm³/mol. The first kappa shape index (κ1) is 18.0. The molecule has 0 spiro atoms. The molecule has 2 rings (SSSR count). The number of amides is 1.